The van der Waals surface area contributed by atoms with E-state index >= 15 is 0 Å². The van der Waals surface area contributed by atoms with Gasteiger partial charge in [0.1, 0.15) is 6.67 Å². The highest BCUT2D eigenvalue weighted by Crippen LogP contribution is 1.68. The highest BCUT2D eigenvalue weighted by molar-refractivity contribution is 4.67. The minimum absolute atomic E-state index is 1.03. The minimum atomic E-state index is 1.03. The van der Waals surface area contributed by atoms with Gasteiger partial charge < -0.3 is 0 Å². The predicted octanol–water partition coefficient (Wildman–Crippen LogP) is -0.825. The van der Waals surface area contributed by atoms with Crippen LogP contribution in [0.2, 0.25) is 0 Å². The lowest BCUT2D eigenvalue weighted by molar-refractivity contribution is 0.942. The quantitative estimate of drug-likeness (QED) is 0.389. The van der Waals surface area contributed by atoms with Gasteiger partial charge in [0.2, 0.25) is 0 Å². The second-order valence-corrected chi connectivity index (χ2v) is 0.979. The largest absolute Gasteiger partial charge is 0.292 e. The van der Waals surface area contributed by atoms with Crippen LogP contribution in [0.25, 0.3) is 0 Å². The van der Waals surface area contributed by atoms with Crippen LogP contribution in [0.1, 0.15) is 0 Å². The molecule has 2 heteroatoms. The van der Waals surface area contributed by atoms with Crippen molar-refractivity contribution in [1.29, 1.82) is 0 Å². The molecule has 1 saturated heterocycles. The Kier molecular flexibility index (Phi) is 0.862. The Bertz CT molecular complexity index is 16.5. The van der Waals surface area contributed by atoms with Crippen LogP contribution < -0.4 is 10.6 Å². The molecule has 0 aliphatic carbocycles. The third kappa shape index (κ3) is 0.597. The van der Waals surface area contributed by atoms with Crippen LogP contribution in [-0.4, -0.2) is 13.1 Å². The predicted molar refractivity (Wildman–Crippen MR) is 19.2 cm³/mol. The molecule has 1 aliphatic heterocycles. The molecule has 1 fully saturated rings. The van der Waals surface area contributed by atoms with Crippen molar-refractivity contribution in [3.05, 3.63) is 6.67 Å². The number of hydrogen-bond donors (Lipinski definition) is 2. The van der Waals surface area contributed by atoms with Gasteiger partial charge in [0.05, 0.1) is 0 Å². The number of rotatable bonds is 0. The molecule has 0 aromatic heterocycles. The summed E-state index contributed by atoms with van der Waals surface area (Å²) in [5.74, 6) is 0. The van der Waals surface area contributed by atoms with Crippen LogP contribution in [0.15, 0.2) is 0 Å². The molecule has 2 radical (unpaired) electrons. The van der Waals surface area contributed by atoms with E-state index in [2.05, 4.69) is 17.3 Å². The summed E-state index contributed by atoms with van der Waals surface area (Å²) in [6.45, 7) is 4.78. The molecule has 0 spiro atoms. The lowest BCUT2D eigenvalue weighted by atomic mass is 10.7. The zero-order valence-electron chi connectivity index (χ0n) is 2.91. The standard InChI is InChI=1S/C3H6N2/c1-2-5-3-4-1/h4-5H,1-2H2. The van der Waals surface area contributed by atoms with Gasteiger partial charge in [0.25, 0.3) is 0 Å². The summed E-state index contributed by atoms with van der Waals surface area (Å²) < 4.78 is 0. The van der Waals surface area contributed by atoms with Gasteiger partial charge in [-0.2, -0.15) is 0 Å². The third-order valence-electron chi connectivity index (χ3n) is 0.552. The average Bonchev–Trinajstić information content (AvgIpc) is 1.76. The zero-order chi connectivity index (χ0) is 3.54. The zero-order valence-corrected chi connectivity index (χ0v) is 2.91. The summed E-state index contributed by atoms with van der Waals surface area (Å²) in [6, 6.07) is 0. The fourth-order valence-corrected chi connectivity index (χ4v) is 0.312. The summed E-state index contributed by atoms with van der Waals surface area (Å²) in [4.78, 5) is 0. The first-order valence-electron chi connectivity index (χ1n) is 1.71. The van der Waals surface area contributed by atoms with Crippen LogP contribution in [0.3, 0.4) is 0 Å². The van der Waals surface area contributed by atoms with Gasteiger partial charge in [0.15, 0.2) is 0 Å². The maximum Gasteiger partial charge on any atom is 0.140 e. The van der Waals surface area contributed by atoms with E-state index in [1.165, 1.54) is 0 Å². The van der Waals surface area contributed by atoms with E-state index in [-0.39, 0.29) is 0 Å². The Morgan fingerprint density at radius 3 is 2.00 bits per heavy atom. The van der Waals surface area contributed by atoms with E-state index in [4.69, 9.17) is 0 Å². The van der Waals surface area contributed by atoms with E-state index in [0.29, 0.717) is 0 Å². The van der Waals surface area contributed by atoms with Gasteiger partial charge in [-0.05, 0) is 0 Å². The van der Waals surface area contributed by atoms with E-state index in [9.17, 15) is 0 Å². The molecular formula is C3H6N2. The van der Waals surface area contributed by atoms with Gasteiger partial charge in [-0.25, -0.2) is 0 Å². The molecular weight excluding hydrogens is 64.0 g/mol. The highest BCUT2D eigenvalue weighted by atomic mass is 15.1. The maximum absolute atomic E-state index is 2.86. The molecule has 2 nitrogen and oxygen atoms in total. The summed E-state index contributed by atoms with van der Waals surface area (Å²) in [7, 11) is 0. The molecule has 0 atom stereocenters. The van der Waals surface area contributed by atoms with Crippen molar-refractivity contribution in [2.24, 2.45) is 0 Å². The van der Waals surface area contributed by atoms with E-state index in [0.717, 1.165) is 13.1 Å². The molecule has 0 saturated carbocycles. The Morgan fingerprint density at radius 2 is 1.80 bits per heavy atom. The van der Waals surface area contributed by atoms with Crippen LogP contribution in [0.4, 0.5) is 0 Å². The Morgan fingerprint density at radius 1 is 1.20 bits per heavy atom. The molecule has 0 aromatic carbocycles. The minimum Gasteiger partial charge on any atom is -0.292 e. The molecule has 5 heavy (non-hydrogen) atoms. The monoisotopic (exact) mass is 70.1 g/mol. The summed E-state index contributed by atoms with van der Waals surface area (Å²) in [5, 5.41) is 5.72. The van der Waals surface area contributed by atoms with Crippen molar-refractivity contribution >= 4 is 0 Å². The lowest BCUT2D eigenvalue weighted by Gasteiger charge is -1.73. The second kappa shape index (κ2) is 1.38. The van der Waals surface area contributed by atoms with Crippen molar-refractivity contribution in [3.8, 4) is 0 Å². The molecule has 0 amide bonds. The molecule has 1 aliphatic rings. The van der Waals surface area contributed by atoms with Crippen LogP contribution in [0.5, 0.6) is 0 Å². The molecule has 1 rings (SSSR count). The van der Waals surface area contributed by atoms with Gasteiger partial charge in [-0.1, -0.05) is 0 Å². The fourth-order valence-electron chi connectivity index (χ4n) is 0.312. The number of nitrogens with one attached hydrogen (secondary N) is 2. The van der Waals surface area contributed by atoms with E-state index in [1.807, 2.05) is 0 Å². The van der Waals surface area contributed by atoms with Crippen LogP contribution in [0, 0.1) is 6.67 Å². The Balaban J connectivity index is 2.08. The fraction of sp³-hybridized carbons (Fsp3) is 0.667. The van der Waals surface area contributed by atoms with Crippen molar-refractivity contribution < 1.29 is 0 Å². The number of hydrogen-bond acceptors (Lipinski definition) is 2. The van der Waals surface area contributed by atoms with Crippen LogP contribution in [-0.2, 0) is 0 Å². The smallest absolute Gasteiger partial charge is 0.140 e. The van der Waals surface area contributed by atoms with Crippen molar-refractivity contribution in [3.63, 3.8) is 0 Å². The molecule has 28 valence electrons. The van der Waals surface area contributed by atoms with Gasteiger partial charge >= 0.3 is 0 Å². The average molecular weight is 70.1 g/mol. The Labute approximate surface area is 31.6 Å². The van der Waals surface area contributed by atoms with Gasteiger partial charge in [0, 0.05) is 13.1 Å². The first-order valence-corrected chi connectivity index (χ1v) is 1.71. The van der Waals surface area contributed by atoms with Crippen molar-refractivity contribution in [1.82, 2.24) is 10.6 Å². The lowest BCUT2D eigenvalue weighted by Crippen LogP contribution is -2.02. The first-order chi connectivity index (χ1) is 2.50. The molecule has 1 heterocycles. The molecule has 0 aromatic rings. The molecule has 0 unspecified atom stereocenters. The topological polar surface area (TPSA) is 24.1 Å². The second-order valence-electron chi connectivity index (χ2n) is 0.979. The molecule has 0 bridgehead atoms. The van der Waals surface area contributed by atoms with Gasteiger partial charge in [-0.15, -0.1) is 0 Å². The van der Waals surface area contributed by atoms with E-state index in [1.54, 1.807) is 0 Å². The third-order valence-corrected chi connectivity index (χ3v) is 0.552. The Hall–Kier alpha value is -0.0800. The SMILES string of the molecule is [C]1NCCN1. The summed E-state index contributed by atoms with van der Waals surface area (Å²) in [6.07, 6.45) is 0. The highest BCUT2D eigenvalue weighted by Gasteiger charge is 1.93. The van der Waals surface area contributed by atoms with E-state index < -0.39 is 0 Å². The summed E-state index contributed by atoms with van der Waals surface area (Å²) >= 11 is 0. The van der Waals surface area contributed by atoms with Crippen molar-refractivity contribution in [2.45, 2.75) is 0 Å². The molecule has 2 N–H and O–H groups in total. The first kappa shape index (κ1) is 3.12. The maximum atomic E-state index is 2.86. The van der Waals surface area contributed by atoms with Crippen molar-refractivity contribution in [2.75, 3.05) is 13.1 Å². The normalized spacial score (nSPS) is 24.0. The van der Waals surface area contributed by atoms with Gasteiger partial charge in [-0.3, -0.25) is 10.6 Å². The summed E-state index contributed by atoms with van der Waals surface area (Å²) in [5.41, 5.74) is 0. The van der Waals surface area contributed by atoms with Crippen LogP contribution >= 0.6 is 0 Å².